The minimum Gasteiger partial charge on any atom is -0.383 e. The Kier molecular flexibility index (Phi) is 5.26. The lowest BCUT2D eigenvalue weighted by atomic mass is 10.1. The first kappa shape index (κ1) is 16.9. The number of benzene rings is 2. The van der Waals surface area contributed by atoms with Gasteiger partial charge >= 0.3 is 6.18 Å². The Morgan fingerprint density at radius 2 is 1.78 bits per heavy atom. The van der Waals surface area contributed by atoms with Crippen molar-refractivity contribution < 1.29 is 18.0 Å². The number of carbonyl (C=O) groups is 1. The molecule has 122 valence electrons. The molecule has 0 saturated carbocycles. The van der Waals surface area contributed by atoms with E-state index >= 15 is 0 Å². The summed E-state index contributed by atoms with van der Waals surface area (Å²) >= 11 is 0. The van der Waals surface area contributed by atoms with Gasteiger partial charge < -0.3 is 10.6 Å². The second-order valence-electron chi connectivity index (χ2n) is 5.20. The second kappa shape index (κ2) is 7.17. The number of rotatable bonds is 5. The van der Waals surface area contributed by atoms with Crippen LogP contribution in [-0.2, 0) is 6.18 Å². The van der Waals surface area contributed by atoms with E-state index in [4.69, 9.17) is 0 Å². The van der Waals surface area contributed by atoms with E-state index in [1.165, 1.54) is 12.1 Å². The van der Waals surface area contributed by atoms with Crippen molar-refractivity contribution in [2.75, 3.05) is 11.9 Å². The van der Waals surface area contributed by atoms with Crippen LogP contribution < -0.4 is 10.6 Å². The van der Waals surface area contributed by atoms with Gasteiger partial charge in [-0.3, -0.25) is 4.79 Å². The molecule has 2 rings (SSSR count). The monoisotopic (exact) mass is 322 g/mol. The van der Waals surface area contributed by atoms with Crippen LogP contribution in [0.1, 0.15) is 22.8 Å². The maximum Gasteiger partial charge on any atom is 0.416 e. The standard InChI is InChI=1S/C17H17F3N2O/c1-12(11-21-15-8-3-2-4-9-15)22-16(23)13-6-5-7-14(10-13)17(18,19)20/h2-10,12,21H,11H2,1H3,(H,22,23). The zero-order valence-corrected chi connectivity index (χ0v) is 12.5. The predicted molar refractivity (Wildman–Crippen MR) is 83.3 cm³/mol. The third-order valence-electron chi connectivity index (χ3n) is 3.22. The van der Waals surface area contributed by atoms with Crippen molar-refractivity contribution in [2.24, 2.45) is 0 Å². The molecule has 1 atom stereocenters. The molecule has 23 heavy (non-hydrogen) atoms. The summed E-state index contributed by atoms with van der Waals surface area (Å²) in [6.07, 6.45) is -4.46. The van der Waals surface area contributed by atoms with Gasteiger partial charge in [0.2, 0.25) is 0 Å². The molecule has 0 spiro atoms. The van der Waals surface area contributed by atoms with E-state index in [2.05, 4.69) is 10.6 Å². The first-order chi connectivity index (χ1) is 10.9. The largest absolute Gasteiger partial charge is 0.416 e. The van der Waals surface area contributed by atoms with E-state index in [0.717, 1.165) is 17.8 Å². The number of amides is 1. The Hall–Kier alpha value is -2.50. The highest BCUT2D eigenvalue weighted by Gasteiger charge is 2.30. The smallest absolute Gasteiger partial charge is 0.383 e. The number of hydrogen-bond acceptors (Lipinski definition) is 2. The molecule has 0 aromatic heterocycles. The van der Waals surface area contributed by atoms with E-state index in [1.54, 1.807) is 6.92 Å². The lowest BCUT2D eigenvalue weighted by Gasteiger charge is -2.16. The number of halogens is 3. The number of nitrogens with one attached hydrogen (secondary N) is 2. The summed E-state index contributed by atoms with van der Waals surface area (Å²) < 4.78 is 38.0. The molecule has 0 aliphatic rings. The summed E-state index contributed by atoms with van der Waals surface area (Å²) in [5, 5.41) is 5.82. The highest BCUT2D eigenvalue weighted by molar-refractivity contribution is 5.94. The van der Waals surface area contributed by atoms with Crippen molar-refractivity contribution in [3.05, 3.63) is 65.7 Å². The summed E-state index contributed by atoms with van der Waals surface area (Å²) in [5.41, 5.74) is 0.0688. The number of hydrogen-bond donors (Lipinski definition) is 2. The van der Waals surface area contributed by atoms with Crippen LogP contribution in [0.4, 0.5) is 18.9 Å². The van der Waals surface area contributed by atoms with Crippen molar-refractivity contribution in [3.8, 4) is 0 Å². The van der Waals surface area contributed by atoms with E-state index < -0.39 is 17.6 Å². The van der Waals surface area contributed by atoms with Crippen molar-refractivity contribution in [1.29, 1.82) is 0 Å². The Labute approximate surface area is 132 Å². The summed E-state index contributed by atoms with van der Waals surface area (Å²) in [4.78, 5) is 12.0. The molecule has 2 aromatic carbocycles. The Bertz CT molecular complexity index is 656. The minimum absolute atomic E-state index is 0.00798. The van der Waals surface area contributed by atoms with Gasteiger partial charge in [-0.1, -0.05) is 24.3 Å². The van der Waals surface area contributed by atoms with Gasteiger partial charge in [0, 0.05) is 23.8 Å². The van der Waals surface area contributed by atoms with E-state index in [-0.39, 0.29) is 11.6 Å². The fourth-order valence-corrected chi connectivity index (χ4v) is 2.02. The van der Waals surface area contributed by atoms with Crippen LogP contribution in [0.25, 0.3) is 0 Å². The minimum atomic E-state index is -4.46. The van der Waals surface area contributed by atoms with Crippen molar-refractivity contribution in [3.63, 3.8) is 0 Å². The quantitative estimate of drug-likeness (QED) is 0.875. The van der Waals surface area contributed by atoms with Crippen LogP contribution >= 0.6 is 0 Å². The van der Waals surface area contributed by atoms with Crippen LogP contribution in [-0.4, -0.2) is 18.5 Å². The molecule has 0 saturated heterocycles. The van der Waals surface area contributed by atoms with E-state index in [9.17, 15) is 18.0 Å². The molecule has 0 radical (unpaired) electrons. The van der Waals surface area contributed by atoms with Crippen LogP contribution in [0.5, 0.6) is 0 Å². The molecular weight excluding hydrogens is 305 g/mol. The molecule has 2 N–H and O–H groups in total. The highest BCUT2D eigenvalue weighted by atomic mass is 19.4. The van der Waals surface area contributed by atoms with Gasteiger partial charge in [0.05, 0.1) is 5.56 Å². The topological polar surface area (TPSA) is 41.1 Å². The average Bonchev–Trinajstić information content (AvgIpc) is 2.53. The molecule has 0 aliphatic heterocycles. The molecule has 6 heteroatoms. The van der Waals surface area contributed by atoms with E-state index in [0.29, 0.717) is 6.54 Å². The first-order valence-electron chi connectivity index (χ1n) is 7.13. The molecule has 1 amide bonds. The lowest BCUT2D eigenvalue weighted by Crippen LogP contribution is -2.37. The summed E-state index contributed by atoms with van der Waals surface area (Å²) in [6.45, 7) is 2.25. The normalized spacial score (nSPS) is 12.5. The average molecular weight is 322 g/mol. The molecule has 0 bridgehead atoms. The Morgan fingerprint density at radius 1 is 1.09 bits per heavy atom. The van der Waals surface area contributed by atoms with Gasteiger partial charge in [-0.05, 0) is 37.3 Å². The molecule has 1 unspecified atom stereocenters. The van der Waals surface area contributed by atoms with Crippen molar-refractivity contribution >= 4 is 11.6 Å². The van der Waals surface area contributed by atoms with Gasteiger partial charge in [0.15, 0.2) is 0 Å². The lowest BCUT2D eigenvalue weighted by molar-refractivity contribution is -0.137. The SMILES string of the molecule is CC(CNc1ccccc1)NC(=O)c1cccc(C(F)(F)F)c1. The fraction of sp³-hybridized carbons (Fsp3) is 0.235. The Balaban J connectivity index is 1.93. The van der Waals surface area contributed by atoms with Gasteiger partial charge in [-0.2, -0.15) is 13.2 Å². The fourth-order valence-electron chi connectivity index (χ4n) is 2.02. The second-order valence-corrected chi connectivity index (χ2v) is 5.20. The van der Waals surface area contributed by atoms with Gasteiger partial charge in [0.25, 0.3) is 5.91 Å². The number of alkyl halides is 3. The third-order valence-corrected chi connectivity index (χ3v) is 3.22. The van der Waals surface area contributed by atoms with Crippen LogP contribution in [0, 0.1) is 0 Å². The summed E-state index contributed by atoms with van der Waals surface area (Å²) in [5.74, 6) is -0.529. The number of anilines is 1. The summed E-state index contributed by atoms with van der Waals surface area (Å²) in [6, 6.07) is 13.6. The van der Waals surface area contributed by atoms with Crippen LogP contribution in [0.3, 0.4) is 0 Å². The zero-order valence-electron chi connectivity index (χ0n) is 12.5. The Morgan fingerprint density at radius 3 is 2.43 bits per heavy atom. The predicted octanol–water partition coefficient (Wildman–Crippen LogP) is 3.94. The van der Waals surface area contributed by atoms with Gasteiger partial charge in [0.1, 0.15) is 0 Å². The van der Waals surface area contributed by atoms with Crippen molar-refractivity contribution in [2.45, 2.75) is 19.1 Å². The van der Waals surface area contributed by atoms with Gasteiger partial charge in [-0.15, -0.1) is 0 Å². The van der Waals surface area contributed by atoms with Crippen molar-refractivity contribution in [1.82, 2.24) is 5.32 Å². The van der Waals surface area contributed by atoms with Gasteiger partial charge in [-0.25, -0.2) is 0 Å². The first-order valence-corrected chi connectivity index (χ1v) is 7.13. The molecular formula is C17H17F3N2O. The number of carbonyl (C=O) groups excluding carboxylic acids is 1. The maximum absolute atomic E-state index is 12.7. The van der Waals surface area contributed by atoms with Crippen LogP contribution in [0.2, 0.25) is 0 Å². The zero-order chi connectivity index (χ0) is 16.9. The summed E-state index contributed by atoms with van der Waals surface area (Å²) in [7, 11) is 0. The third kappa shape index (κ3) is 5.02. The molecule has 0 heterocycles. The maximum atomic E-state index is 12.7. The molecule has 2 aromatic rings. The number of para-hydroxylation sites is 1. The molecule has 0 fully saturated rings. The van der Waals surface area contributed by atoms with E-state index in [1.807, 2.05) is 30.3 Å². The molecule has 0 aliphatic carbocycles. The molecule has 3 nitrogen and oxygen atoms in total. The highest BCUT2D eigenvalue weighted by Crippen LogP contribution is 2.29. The van der Waals surface area contributed by atoms with Crippen LogP contribution in [0.15, 0.2) is 54.6 Å².